The minimum absolute atomic E-state index is 0.323. The van der Waals surface area contributed by atoms with E-state index in [1.807, 2.05) is 0 Å². The molecule has 0 radical (unpaired) electrons. The van der Waals surface area contributed by atoms with E-state index < -0.39 is 128 Å². The highest BCUT2D eigenvalue weighted by Gasteiger charge is 2.95. The molecule has 0 fully saturated rings. The molecule has 0 unspecified atom stereocenters. The SMILES string of the molecule is O=S(=O)(CCC(F)(F)C(F)(F)C(F)(F)C(F)(F)C(F)(F)C(F)(F)F)NS(=O)(=O)CCC(F)(F)C(F)(F)C(F)(F)C(F)(F)C(F)(F)C(F)(F)C(F)(F)C(F)(F)F. The molecule has 1 N–H and O–H groups in total. The third-order valence-electron chi connectivity index (χ3n) is 6.41. The van der Waals surface area contributed by atoms with Crippen LogP contribution >= 0.6 is 0 Å². The van der Waals surface area contributed by atoms with Gasteiger partial charge in [-0.1, -0.05) is 0 Å². The summed E-state index contributed by atoms with van der Waals surface area (Å²) in [4.78, 5) is 0. The van der Waals surface area contributed by atoms with Crippen molar-refractivity contribution in [2.75, 3.05) is 11.5 Å². The van der Waals surface area contributed by atoms with Gasteiger partial charge in [0.2, 0.25) is 20.0 Å². The fourth-order valence-corrected chi connectivity index (χ4v) is 6.38. The van der Waals surface area contributed by atoms with E-state index >= 15 is 0 Å². The normalized spacial score (nSPS) is 16.8. The molecule has 0 saturated carbocycles. The van der Waals surface area contributed by atoms with Crippen molar-refractivity contribution in [3.8, 4) is 0 Å². The lowest BCUT2D eigenvalue weighted by atomic mass is 9.88. The van der Waals surface area contributed by atoms with Gasteiger partial charge in [0.05, 0.1) is 11.5 Å². The molecule has 5 nitrogen and oxygen atoms in total. The average Bonchev–Trinajstić information content (AvgIpc) is 2.92. The fraction of sp³-hybridized carbons (Fsp3) is 1.00. The number of rotatable bonds is 18. The van der Waals surface area contributed by atoms with E-state index in [4.69, 9.17) is 0 Å². The summed E-state index contributed by atoms with van der Waals surface area (Å²) in [6.07, 6.45) is -23.8. The summed E-state index contributed by atoms with van der Waals surface area (Å²) in [5.74, 6) is -108. The molecule has 0 atom stereocenters. The van der Waals surface area contributed by atoms with Crippen molar-refractivity contribution in [2.45, 2.75) is 96.3 Å². The molecule has 332 valence electrons. The van der Waals surface area contributed by atoms with E-state index in [0.717, 1.165) is 0 Å². The first kappa shape index (κ1) is 52.8. The van der Waals surface area contributed by atoms with Crippen LogP contribution in [0.1, 0.15) is 12.8 Å². The predicted octanol–water partition coefficient (Wildman–Crippen LogP) is 8.76. The number of halogens is 30. The number of hydrogen-bond acceptors (Lipinski definition) is 4. The molecule has 0 aliphatic rings. The van der Waals surface area contributed by atoms with Gasteiger partial charge >= 0.3 is 83.4 Å². The van der Waals surface area contributed by atoms with Crippen molar-refractivity contribution in [1.82, 2.24) is 4.13 Å². The van der Waals surface area contributed by atoms with Crippen molar-refractivity contribution >= 4 is 20.0 Å². The van der Waals surface area contributed by atoms with E-state index in [1.165, 1.54) is 0 Å². The van der Waals surface area contributed by atoms with Crippen molar-refractivity contribution in [3.05, 3.63) is 0 Å². The second-order valence-electron chi connectivity index (χ2n) is 10.4. The van der Waals surface area contributed by atoms with Gasteiger partial charge in [-0.25, -0.2) is 16.8 Å². The second-order valence-corrected chi connectivity index (χ2v) is 14.3. The van der Waals surface area contributed by atoms with Gasteiger partial charge in [0, 0.05) is 12.8 Å². The molecule has 0 aliphatic heterocycles. The minimum atomic E-state index is -9.15. The van der Waals surface area contributed by atoms with Crippen LogP contribution in [0, 0.1) is 0 Å². The Morgan fingerprint density at radius 2 is 0.436 bits per heavy atom. The molecule has 55 heavy (non-hydrogen) atoms. The molecule has 0 spiro atoms. The van der Waals surface area contributed by atoms with Crippen molar-refractivity contribution < 1.29 is 149 Å². The third kappa shape index (κ3) is 8.10. The lowest BCUT2D eigenvalue weighted by Gasteiger charge is -2.42. The highest BCUT2D eigenvalue weighted by atomic mass is 32.3. The van der Waals surface area contributed by atoms with E-state index in [1.54, 1.807) is 0 Å². The van der Waals surface area contributed by atoms with Crippen LogP contribution in [-0.4, -0.2) is 112 Å². The quantitative estimate of drug-likeness (QED) is 0.140. The Labute approximate surface area is 281 Å². The largest absolute Gasteiger partial charge is 0.460 e. The number of sulfonamides is 2. The number of hydrogen-bond donors (Lipinski definition) is 1. The average molecular weight is 937 g/mol. The fourth-order valence-electron chi connectivity index (χ4n) is 3.11. The first-order chi connectivity index (χ1) is 23.1. The summed E-state index contributed by atoms with van der Waals surface area (Å²) in [7, 11) is -13.5. The molecular weight excluding hydrogens is 928 g/mol. The Kier molecular flexibility index (Phi) is 13.1. The van der Waals surface area contributed by atoms with E-state index in [-0.39, 0.29) is 4.13 Å². The molecule has 0 rings (SSSR count). The lowest BCUT2D eigenvalue weighted by Crippen LogP contribution is -2.74. The Hall–Kier alpha value is -2.24. The van der Waals surface area contributed by atoms with Gasteiger partial charge in [-0.2, -0.15) is 132 Å². The van der Waals surface area contributed by atoms with E-state index in [2.05, 4.69) is 0 Å². The van der Waals surface area contributed by atoms with Gasteiger partial charge in [0.15, 0.2) is 0 Å². The molecule has 0 bridgehead atoms. The first-order valence-corrected chi connectivity index (χ1v) is 15.3. The maximum atomic E-state index is 13.9. The molecule has 0 aromatic carbocycles. The molecule has 0 aromatic heterocycles. The summed E-state index contributed by atoms with van der Waals surface area (Å²) in [6, 6.07) is 0. The van der Waals surface area contributed by atoms with Crippen LogP contribution in [0.2, 0.25) is 0 Å². The van der Waals surface area contributed by atoms with Crippen molar-refractivity contribution in [2.24, 2.45) is 0 Å². The monoisotopic (exact) mass is 937 g/mol. The Bertz CT molecular complexity index is 1610. The van der Waals surface area contributed by atoms with E-state index in [0.29, 0.717) is 0 Å². The van der Waals surface area contributed by atoms with Gasteiger partial charge in [0.25, 0.3) is 0 Å². The molecule has 0 saturated heterocycles. The highest BCUT2D eigenvalue weighted by Crippen LogP contribution is 2.65. The lowest BCUT2D eigenvalue weighted by molar-refractivity contribution is -0.461. The standard InChI is InChI=1S/C18H9F30NO4S2/c19-5(20,7(23,24)9(27,28)11(31,32)12(33,34)14(37,38)16(41,42)18(46,47)48)1-3-54(50,51)49-55(52,53)4-2-6(21,22)8(25,26)10(29,30)13(35,36)15(39,40)17(43,44)45/h49H,1-4H2. The number of nitrogens with one attached hydrogen (secondary N) is 1. The third-order valence-corrected chi connectivity index (χ3v) is 9.92. The maximum absolute atomic E-state index is 13.9. The summed E-state index contributed by atoms with van der Waals surface area (Å²) in [5.41, 5.74) is 0. The van der Waals surface area contributed by atoms with Crippen molar-refractivity contribution in [3.63, 3.8) is 0 Å². The zero-order chi connectivity index (χ0) is 45.5. The maximum Gasteiger partial charge on any atom is 0.460 e. The molecule has 0 heterocycles. The topological polar surface area (TPSA) is 80.3 Å². The summed E-state index contributed by atoms with van der Waals surface area (Å²) in [5, 5.41) is 0. The minimum Gasteiger partial charge on any atom is -0.211 e. The van der Waals surface area contributed by atoms with Crippen LogP contribution in [0.5, 0.6) is 0 Å². The van der Waals surface area contributed by atoms with Crippen LogP contribution in [0.3, 0.4) is 0 Å². The smallest absolute Gasteiger partial charge is 0.211 e. The summed E-state index contributed by atoms with van der Waals surface area (Å²) < 4.78 is 441. The molecular formula is C18H9F30NO4S2. The van der Waals surface area contributed by atoms with Crippen molar-refractivity contribution in [1.29, 1.82) is 0 Å². The molecule has 0 aromatic rings. The van der Waals surface area contributed by atoms with Gasteiger partial charge in [-0.15, -0.1) is 4.13 Å². The van der Waals surface area contributed by atoms with Gasteiger partial charge in [-0.05, 0) is 0 Å². The van der Waals surface area contributed by atoms with Crippen LogP contribution in [0.15, 0.2) is 0 Å². The number of alkyl halides is 30. The van der Waals surface area contributed by atoms with Gasteiger partial charge < -0.3 is 0 Å². The van der Waals surface area contributed by atoms with Crippen LogP contribution < -0.4 is 4.13 Å². The zero-order valence-corrected chi connectivity index (χ0v) is 25.7. The van der Waals surface area contributed by atoms with Crippen LogP contribution in [0.25, 0.3) is 0 Å². The molecule has 0 aliphatic carbocycles. The highest BCUT2D eigenvalue weighted by molar-refractivity contribution is 8.04. The van der Waals surface area contributed by atoms with E-state index in [9.17, 15) is 149 Å². The summed E-state index contributed by atoms with van der Waals surface area (Å²) in [6.45, 7) is 0. The Morgan fingerprint density at radius 3 is 0.618 bits per heavy atom. The Morgan fingerprint density at radius 1 is 0.273 bits per heavy atom. The Balaban J connectivity index is 6.43. The summed E-state index contributed by atoms with van der Waals surface area (Å²) >= 11 is 0. The van der Waals surface area contributed by atoms with Gasteiger partial charge in [-0.3, -0.25) is 0 Å². The van der Waals surface area contributed by atoms with Gasteiger partial charge in [0.1, 0.15) is 0 Å². The predicted molar refractivity (Wildman–Crippen MR) is 111 cm³/mol. The van der Waals surface area contributed by atoms with Crippen LogP contribution in [-0.2, 0) is 20.0 Å². The van der Waals surface area contributed by atoms with Crippen LogP contribution in [0.4, 0.5) is 132 Å². The second kappa shape index (κ2) is 13.7. The zero-order valence-electron chi connectivity index (χ0n) is 24.1. The molecule has 0 amide bonds. The first-order valence-electron chi connectivity index (χ1n) is 12.0. The molecule has 37 heteroatoms.